The number of carbonyl (C=O) groups is 6. The van der Waals surface area contributed by atoms with Crippen LogP contribution in [0.3, 0.4) is 0 Å². The van der Waals surface area contributed by atoms with E-state index in [1.54, 1.807) is 16.1 Å². The second kappa shape index (κ2) is 15.9. The number of rotatable bonds is 0. The maximum Gasteiger partial charge on any atom is 0.271 e. The van der Waals surface area contributed by atoms with Crippen LogP contribution in [0.15, 0.2) is 16.1 Å². The van der Waals surface area contributed by atoms with Crippen LogP contribution in [-0.2, 0) is 14.4 Å². The molecule has 15 nitrogen and oxygen atoms in total. The van der Waals surface area contributed by atoms with Crippen molar-refractivity contribution in [1.82, 2.24) is 46.9 Å². The summed E-state index contributed by atoms with van der Waals surface area (Å²) in [5.41, 5.74) is 0.517. The van der Waals surface area contributed by atoms with Crippen molar-refractivity contribution in [3.63, 3.8) is 0 Å². The molecule has 7 rings (SSSR count). The molecule has 10 bridgehead atoms. The molecule has 3 atom stereocenters. The molecule has 6 amide bonds. The molecule has 0 radical (unpaired) electrons. The Morgan fingerprint density at radius 1 is 0.490 bits per heavy atom. The lowest BCUT2D eigenvalue weighted by molar-refractivity contribution is -0.126. The Morgan fingerprint density at radius 2 is 0.796 bits per heavy atom. The summed E-state index contributed by atoms with van der Waals surface area (Å²) in [4.78, 5) is 93.4. The summed E-state index contributed by atoms with van der Waals surface area (Å²) >= 11 is 3.74. The molecule has 0 spiro atoms. The SMILES string of the molecule is O=C1CC2CC(=O)NCCC[C@@H]3NC(=O)c4csc(n4)[C@H](CCCNC(=O)C2)NC(=O)c2csc(n2)[C@H](CCCN1)NC(=O)c1csc3n1. The van der Waals surface area contributed by atoms with Crippen LogP contribution < -0.4 is 31.9 Å². The van der Waals surface area contributed by atoms with Crippen LogP contribution >= 0.6 is 34.0 Å². The zero-order chi connectivity index (χ0) is 34.3. The van der Waals surface area contributed by atoms with E-state index in [0.29, 0.717) is 53.5 Å². The molecule has 7 heterocycles. The molecule has 3 aromatic rings. The van der Waals surface area contributed by atoms with Gasteiger partial charge in [0.1, 0.15) is 32.1 Å². The number of amides is 6. The summed E-state index contributed by atoms with van der Waals surface area (Å²) in [7, 11) is 0. The van der Waals surface area contributed by atoms with Gasteiger partial charge in [0, 0.05) is 55.0 Å². The Balaban J connectivity index is 1.43. The number of hydrogen-bond donors (Lipinski definition) is 6. The zero-order valence-electron chi connectivity index (χ0n) is 26.5. The molecule has 0 aliphatic carbocycles. The van der Waals surface area contributed by atoms with Gasteiger partial charge in [-0.1, -0.05) is 0 Å². The van der Waals surface area contributed by atoms with E-state index in [-0.39, 0.29) is 73.7 Å². The minimum Gasteiger partial charge on any atom is -0.356 e. The van der Waals surface area contributed by atoms with Crippen LogP contribution in [0.1, 0.15) is 122 Å². The Kier molecular flexibility index (Phi) is 11.3. The fourth-order valence-corrected chi connectivity index (χ4v) is 8.60. The van der Waals surface area contributed by atoms with Crippen molar-refractivity contribution < 1.29 is 28.8 Å². The van der Waals surface area contributed by atoms with Crippen LogP contribution in [-0.4, -0.2) is 70.0 Å². The van der Waals surface area contributed by atoms with Crippen LogP contribution in [0.4, 0.5) is 0 Å². The van der Waals surface area contributed by atoms with Gasteiger partial charge in [0.15, 0.2) is 0 Å². The summed E-state index contributed by atoms with van der Waals surface area (Å²) in [5, 5.41) is 24.2. The van der Waals surface area contributed by atoms with Gasteiger partial charge >= 0.3 is 0 Å². The Bertz CT molecular complexity index is 1530. The van der Waals surface area contributed by atoms with E-state index in [1.165, 1.54) is 34.0 Å². The smallest absolute Gasteiger partial charge is 0.271 e. The van der Waals surface area contributed by atoms with Gasteiger partial charge in [0.2, 0.25) is 17.7 Å². The van der Waals surface area contributed by atoms with Gasteiger partial charge in [0.05, 0.1) is 18.1 Å². The van der Waals surface area contributed by atoms with Crippen LogP contribution in [0.25, 0.3) is 0 Å². The Hall–Kier alpha value is -4.29. The fraction of sp³-hybridized carbons (Fsp3) is 0.516. The summed E-state index contributed by atoms with van der Waals surface area (Å²) in [6, 6.07) is -1.74. The first-order valence-corrected chi connectivity index (χ1v) is 18.9. The minimum absolute atomic E-state index is 0.00333. The van der Waals surface area contributed by atoms with Gasteiger partial charge < -0.3 is 31.9 Å². The van der Waals surface area contributed by atoms with Crippen molar-refractivity contribution in [1.29, 1.82) is 0 Å². The van der Waals surface area contributed by atoms with Gasteiger partial charge in [-0.3, -0.25) is 28.8 Å². The maximum atomic E-state index is 13.5. The highest BCUT2D eigenvalue weighted by atomic mass is 32.1. The molecule has 0 fully saturated rings. The number of fused-ring (bicyclic) bond motifs is 18. The van der Waals surface area contributed by atoms with Crippen molar-refractivity contribution >= 4 is 69.5 Å². The van der Waals surface area contributed by atoms with E-state index < -0.39 is 41.8 Å². The molecule has 260 valence electrons. The summed E-state index contributed by atoms with van der Waals surface area (Å²) < 4.78 is 0. The van der Waals surface area contributed by atoms with Crippen molar-refractivity contribution in [2.24, 2.45) is 5.92 Å². The van der Waals surface area contributed by atoms with Crippen molar-refractivity contribution in [2.45, 2.75) is 75.9 Å². The molecule has 3 aromatic heterocycles. The third kappa shape index (κ3) is 9.04. The summed E-state index contributed by atoms with van der Waals surface area (Å²) in [5.74, 6) is -2.68. The Labute approximate surface area is 293 Å². The first kappa shape index (κ1) is 34.6. The largest absolute Gasteiger partial charge is 0.356 e. The Morgan fingerprint density at radius 3 is 1.10 bits per heavy atom. The summed E-state index contributed by atoms with van der Waals surface area (Å²) in [6.07, 6.45) is 2.58. The predicted molar refractivity (Wildman–Crippen MR) is 181 cm³/mol. The molecule has 0 saturated heterocycles. The van der Waals surface area contributed by atoms with Crippen molar-refractivity contribution in [3.05, 3.63) is 48.2 Å². The number of nitrogens with one attached hydrogen (secondary N) is 6. The highest BCUT2D eigenvalue weighted by Gasteiger charge is 2.28. The molecule has 18 heteroatoms. The topological polar surface area (TPSA) is 213 Å². The highest BCUT2D eigenvalue weighted by molar-refractivity contribution is 7.10. The fourth-order valence-electron chi connectivity index (χ4n) is 5.95. The number of hydrogen-bond acceptors (Lipinski definition) is 12. The maximum absolute atomic E-state index is 13.5. The lowest BCUT2D eigenvalue weighted by Crippen LogP contribution is -2.35. The van der Waals surface area contributed by atoms with Gasteiger partial charge in [-0.05, 0) is 44.4 Å². The molecule has 4 aliphatic rings. The van der Waals surface area contributed by atoms with Crippen molar-refractivity contribution in [3.8, 4) is 0 Å². The predicted octanol–water partition coefficient (Wildman–Crippen LogP) is 2.29. The second-order valence-corrected chi connectivity index (χ2v) is 14.9. The number of carbonyl (C=O) groups excluding carboxylic acids is 6. The number of thiazole rings is 3. The standard InChI is InChI=1S/C31H37N9O6S3/c41-23-10-16-11-24(42)33-8-2-5-18-30-39-20(14-48-30)26(44)35-17(4-1-7-32-23)29-38-21(13-47-29)27(45)36-19(6-3-9-34-25(43)12-16)31-40-22(15-49-31)28(46)37-18/h13-19H,1-12H2,(H,32,41)(H,33,42)(H,34,43)(H,35,44)(H,36,45)(H,37,46)/t16?,17-,18-,19-/m0/s1. The van der Waals surface area contributed by atoms with Gasteiger partial charge in [-0.15, -0.1) is 34.0 Å². The van der Waals surface area contributed by atoms with Crippen LogP contribution in [0.5, 0.6) is 0 Å². The molecule has 0 unspecified atom stereocenters. The molecule has 6 N–H and O–H groups in total. The average molecular weight is 728 g/mol. The third-order valence-corrected chi connectivity index (χ3v) is 11.3. The summed E-state index contributed by atoms with van der Waals surface area (Å²) in [6.45, 7) is 0.859. The first-order chi connectivity index (χ1) is 23.7. The van der Waals surface area contributed by atoms with Crippen LogP contribution in [0, 0.1) is 5.92 Å². The average Bonchev–Trinajstić information content (AvgIpc) is 3.85. The molecule has 4 aliphatic heterocycles. The molecule has 49 heavy (non-hydrogen) atoms. The van der Waals surface area contributed by atoms with Crippen molar-refractivity contribution in [2.75, 3.05) is 19.6 Å². The number of aromatic nitrogens is 3. The molecular formula is C31H37N9O6S3. The minimum atomic E-state index is -0.580. The van der Waals surface area contributed by atoms with E-state index in [4.69, 9.17) is 0 Å². The zero-order valence-corrected chi connectivity index (χ0v) is 29.0. The first-order valence-electron chi connectivity index (χ1n) is 16.3. The van der Waals surface area contributed by atoms with E-state index in [2.05, 4.69) is 46.9 Å². The molecule has 0 aromatic carbocycles. The van der Waals surface area contributed by atoms with E-state index >= 15 is 0 Å². The van der Waals surface area contributed by atoms with Gasteiger partial charge in [-0.25, -0.2) is 15.0 Å². The monoisotopic (exact) mass is 727 g/mol. The van der Waals surface area contributed by atoms with Crippen LogP contribution in [0.2, 0.25) is 0 Å². The van der Waals surface area contributed by atoms with E-state index in [9.17, 15) is 28.8 Å². The highest BCUT2D eigenvalue weighted by Crippen LogP contribution is 2.29. The lowest BCUT2D eigenvalue weighted by atomic mass is 9.95. The normalized spacial score (nSPS) is 25.0. The molecular weight excluding hydrogens is 691 g/mol. The number of nitrogens with zero attached hydrogens (tertiary/aromatic N) is 3. The quantitative estimate of drug-likeness (QED) is 0.200. The molecule has 0 saturated carbocycles. The van der Waals surface area contributed by atoms with E-state index in [0.717, 1.165) is 0 Å². The second-order valence-electron chi connectivity index (χ2n) is 12.2. The van der Waals surface area contributed by atoms with E-state index in [1.807, 2.05) is 0 Å². The lowest BCUT2D eigenvalue weighted by Gasteiger charge is -2.20. The van der Waals surface area contributed by atoms with Gasteiger partial charge in [-0.2, -0.15) is 0 Å². The van der Waals surface area contributed by atoms with Gasteiger partial charge in [0.25, 0.3) is 17.7 Å². The third-order valence-electron chi connectivity index (χ3n) is 8.47.